The Morgan fingerprint density at radius 2 is 2.10 bits per heavy atom. The first-order valence-electron chi connectivity index (χ1n) is 9.49. The minimum atomic E-state index is -0.492. The predicted octanol–water partition coefficient (Wildman–Crippen LogP) is -0.162. The predicted molar refractivity (Wildman–Crippen MR) is 105 cm³/mol. The van der Waals surface area contributed by atoms with Gasteiger partial charge in [0, 0.05) is 26.9 Å². The number of nitrogens with zero attached hydrogens (tertiary/aromatic N) is 6. The number of aromatic nitrogens is 6. The third-order valence-corrected chi connectivity index (χ3v) is 5.11. The maximum atomic E-state index is 12.5. The number of amides is 1. The zero-order valence-corrected chi connectivity index (χ0v) is 16.4. The average Bonchev–Trinajstić information content (AvgIpc) is 3.32. The van der Waals surface area contributed by atoms with Crippen molar-refractivity contribution in [3.63, 3.8) is 0 Å². The highest BCUT2D eigenvalue weighted by atomic mass is 16.5. The standard InChI is InChI=1S/C18H23N7O4/c1-22-16-15(17(27)23(2)18(22)28)24(11-19-16)10-14(26)21-12-7-20-25(8-12)9-13-5-3-4-6-29-13/h7-8,11,13H,3-6,9-10H2,1-2H3,(H,21,26). The molecule has 11 heteroatoms. The molecule has 29 heavy (non-hydrogen) atoms. The minimum absolute atomic E-state index is 0.110. The maximum Gasteiger partial charge on any atom is 0.332 e. The number of anilines is 1. The summed E-state index contributed by atoms with van der Waals surface area (Å²) < 4.78 is 11.2. The third-order valence-electron chi connectivity index (χ3n) is 5.11. The van der Waals surface area contributed by atoms with Gasteiger partial charge in [-0.25, -0.2) is 9.78 Å². The summed E-state index contributed by atoms with van der Waals surface area (Å²) in [6, 6.07) is 0. The fourth-order valence-corrected chi connectivity index (χ4v) is 3.56. The van der Waals surface area contributed by atoms with E-state index in [1.807, 2.05) is 0 Å². The smallest absolute Gasteiger partial charge is 0.332 e. The van der Waals surface area contributed by atoms with Crippen molar-refractivity contribution in [2.75, 3.05) is 11.9 Å². The molecule has 154 valence electrons. The van der Waals surface area contributed by atoms with Crippen LogP contribution in [-0.2, 0) is 36.7 Å². The molecule has 1 N–H and O–H groups in total. The van der Waals surface area contributed by atoms with Crippen molar-refractivity contribution in [2.24, 2.45) is 14.1 Å². The Bertz CT molecular complexity index is 1160. The van der Waals surface area contributed by atoms with E-state index in [9.17, 15) is 14.4 Å². The van der Waals surface area contributed by atoms with Crippen molar-refractivity contribution in [1.29, 1.82) is 0 Å². The molecule has 1 fully saturated rings. The number of fused-ring (bicyclic) bond motifs is 1. The van der Waals surface area contributed by atoms with Gasteiger partial charge >= 0.3 is 5.69 Å². The lowest BCUT2D eigenvalue weighted by Crippen LogP contribution is -2.37. The van der Waals surface area contributed by atoms with E-state index in [-0.39, 0.29) is 29.7 Å². The van der Waals surface area contributed by atoms with Gasteiger partial charge in [0.15, 0.2) is 11.2 Å². The SMILES string of the molecule is Cn1c(=O)c2c(ncn2CC(=O)Nc2cnn(CC3CCCCO3)c2)n(C)c1=O. The number of nitrogens with one attached hydrogen (secondary N) is 1. The molecular formula is C18H23N7O4. The summed E-state index contributed by atoms with van der Waals surface area (Å²) in [6.45, 7) is 1.31. The van der Waals surface area contributed by atoms with Gasteiger partial charge in [-0.15, -0.1) is 0 Å². The second-order valence-electron chi connectivity index (χ2n) is 7.24. The molecule has 1 aliphatic rings. The highest BCUT2D eigenvalue weighted by Gasteiger charge is 2.17. The van der Waals surface area contributed by atoms with Crippen LogP contribution < -0.4 is 16.6 Å². The van der Waals surface area contributed by atoms with Crippen LogP contribution in [0.15, 0.2) is 28.3 Å². The summed E-state index contributed by atoms with van der Waals surface area (Å²) in [4.78, 5) is 41.0. The van der Waals surface area contributed by atoms with E-state index in [4.69, 9.17) is 4.74 Å². The molecule has 11 nitrogen and oxygen atoms in total. The molecule has 4 rings (SSSR count). The molecule has 4 heterocycles. The Balaban J connectivity index is 1.47. The number of ether oxygens (including phenoxy) is 1. The van der Waals surface area contributed by atoms with Gasteiger partial charge in [0.25, 0.3) is 5.56 Å². The summed E-state index contributed by atoms with van der Waals surface area (Å²) in [5, 5.41) is 7.04. The molecule has 1 atom stereocenters. The molecule has 1 amide bonds. The van der Waals surface area contributed by atoms with Crippen LogP contribution in [-0.4, -0.2) is 47.1 Å². The molecule has 0 radical (unpaired) electrons. The van der Waals surface area contributed by atoms with Crippen molar-refractivity contribution in [2.45, 2.75) is 38.5 Å². The molecule has 1 aliphatic heterocycles. The molecule has 1 unspecified atom stereocenters. The molecule has 0 aromatic carbocycles. The van der Waals surface area contributed by atoms with Crippen molar-refractivity contribution in [3.8, 4) is 0 Å². The van der Waals surface area contributed by atoms with Crippen molar-refractivity contribution < 1.29 is 9.53 Å². The number of carbonyl (C=O) groups is 1. The number of aryl methyl sites for hydroxylation is 1. The van der Waals surface area contributed by atoms with Gasteiger partial charge < -0.3 is 14.6 Å². The van der Waals surface area contributed by atoms with Crippen molar-refractivity contribution in [1.82, 2.24) is 28.5 Å². The normalized spacial score (nSPS) is 17.0. The van der Waals surface area contributed by atoms with Gasteiger partial charge in [0.2, 0.25) is 5.91 Å². The second-order valence-corrected chi connectivity index (χ2v) is 7.24. The number of rotatable bonds is 5. The quantitative estimate of drug-likeness (QED) is 0.635. The molecule has 3 aromatic rings. The summed E-state index contributed by atoms with van der Waals surface area (Å²) in [5.41, 5.74) is 0.0527. The van der Waals surface area contributed by atoms with Crippen LogP contribution in [0.4, 0.5) is 5.69 Å². The van der Waals surface area contributed by atoms with Gasteiger partial charge in [-0.05, 0) is 19.3 Å². The van der Waals surface area contributed by atoms with E-state index in [0.717, 1.165) is 30.4 Å². The minimum Gasteiger partial charge on any atom is -0.376 e. The van der Waals surface area contributed by atoms with E-state index in [1.165, 1.54) is 29.6 Å². The number of hydrogen-bond acceptors (Lipinski definition) is 6. The molecule has 0 aliphatic carbocycles. The largest absolute Gasteiger partial charge is 0.376 e. The highest BCUT2D eigenvalue weighted by Crippen LogP contribution is 2.15. The summed E-state index contributed by atoms with van der Waals surface area (Å²) >= 11 is 0. The Morgan fingerprint density at radius 1 is 1.28 bits per heavy atom. The molecule has 0 saturated carbocycles. The monoisotopic (exact) mass is 401 g/mol. The van der Waals surface area contributed by atoms with Gasteiger partial charge in [-0.3, -0.25) is 23.4 Å². The van der Waals surface area contributed by atoms with Crippen molar-refractivity contribution >= 4 is 22.8 Å². The Morgan fingerprint density at radius 3 is 2.86 bits per heavy atom. The topological polar surface area (TPSA) is 118 Å². The van der Waals surface area contributed by atoms with Crippen LogP contribution in [0, 0.1) is 0 Å². The first-order chi connectivity index (χ1) is 13.9. The van der Waals surface area contributed by atoms with E-state index >= 15 is 0 Å². The van der Waals surface area contributed by atoms with Crippen LogP contribution in [0.2, 0.25) is 0 Å². The van der Waals surface area contributed by atoms with E-state index in [1.54, 1.807) is 17.1 Å². The lowest BCUT2D eigenvalue weighted by atomic mass is 10.1. The first kappa shape index (κ1) is 19.1. The summed E-state index contributed by atoms with van der Waals surface area (Å²) in [5.74, 6) is -0.325. The summed E-state index contributed by atoms with van der Waals surface area (Å²) in [6.07, 6.45) is 8.12. The van der Waals surface area contributed by atoms with E-state index < -0.39 is 11.2 Å². The van der Waals surface area contributed by atoms with Crippen LogP contribution in [0.3, 0.4) is 0 Å². The van der Waals surface area contributed by atoms with Crippen LogP contribution >= 0.6 is 0 Å². The lowest BCUT2D eigenvalue weighted by molar-refractivity contribution is -0.116. The molecule has 3 aromatic heterocycles. The van der Waals surface area contributed by atoms with Gasteiger partial charge in [-0.1, -0.05) is 0 Å². The Kier molecular flexibility index (Phi) is 5.05. The number of carbonyl (C=O) groups excluding carboxylic acids is 1. The van der Waals surface area contributed by atoms with Crippen LogP contribution in [0.25, 0.3) is 11.2 Å². The van der Waals surface area contributed by atoms with Gasteiger partial charge in [0.05, 0.1) is 30.9 Å². The highest BCUT2D eigenvalue weighted by molar-refractivity contribution is 5.91. The van der Waals surface area contributed by atoms with Crippen molar-refractivity contribution in [3.05, 3.63) is 39.6 Å². The van der Waals surface area contributed by atoms with E-state index in [2.05, 4.69) is 15.4 Å². The second kappa shape index (κ2) is 7.66. The maximum absolute atomic E-state index is 12.5. The molecule has 1 saturated heterocycles. The molecule has 0 bridgehead atoms. The van der Waals surface area contributed by atoms with Gasteiger partial charge in [0.1, 0.15) is 6.54 Å². The zero-order valence-electron chi connectivity index (χ0n) is 16.4. The fourth-order valence-electron chi connectivity index (χ4n) is 3.56. The molecular weight excluding hydrogens is 378 g/mol. The van der Waals surface area contributed by atoms with Crippen LogP contribution in [0.1, 0.15) is 19.3 Å². The fraction of sp³-hybridized carbons (Fsp3) is 0.500. The Hall–Kier alpha value is -3.21. The number of hydrogen-bond donors (Lipinski definition) is 1. The number of imidazole rings is 1. The average molecular weight is 401 g/mol. The first-order valence-corrected chi connectivity index (χ1v) is 9.49. The van der Waals surface area contributed by atoms with Gasteiger partial charge in [-0.2, -0.15) is 5.10 Å². The Labute approximate surface area is 165 Å². The summed E-state index contributed by atoms with van der Waals surface area (Å²) in [7, 11) is 2.93. The third kappa shape index (κ3) is 3.73. The van der Waals surface area contributed by atoms with Crippen LogP contribution in [0.5, 0.6) is 0 Å². The lowest BCUT2D eigenvalue weighted by Gasteiger charge is -2.22. The van der Waals surface area contributed by atoms with E-state index in [0.29, 0.717) is 12.2 Å². The molecule has 0 spiro atoms. The zero-order chi connectivity index (χ0) is 20.5.